The molecule has 1 nitrogen and oxygen atoms in total. The molecule has 2 rings (SSSR count). The average Bonchev–Trinajstić information content (AvgIpc) is 2.56. The van der Waals surface area contributed by atoms with Gasteiger partial charge >= 0.3 is 0 Å². The minimum absolute atomic E-state index is 0.355. The van der Waals surface area contributed by atoms with Crippen molar-refractivity contribution in [1.82, 2.24) is 4.90 Å². The summed E-state index contributed by atoms with van der Waals surface area (Å²) < 4.78 is 0. The van der Waals surface area contributed by atoms with E-state index >= 15 is 0 Å². The first-order chi connectivity index (χ1) is 6.21. The maximum absolute atomic E-state index is 2.79. The molecule has 14 heavy (non-hydrogen) atoms. The summed E-state index contributed by atoms with van der Waals surface area (Å²) in [6.07, 6.45) is 2.90. The van der Waals surface area contributed by atoms with Gasteiger partial charge in [-0.2, -0.15) is 0 Å². The maximum atomic E-state index is 2.79. The number of piperidine rings is 1. The second-order valence-electron chi connectivity index (χ2n) is 7.26. The van der Waals surface area contributed by atoms with E-state index in [0.717, 1.165) is 18.0 Å². The summed E-state index contributed by atoms with van der Waals surface area (Å²) in [6.45, 7) is 14.3. The molecule has 0 aromatic carbocycles. The number of nitrogens with zero attached hydrogens (tertiary/aromatic N) is 1. The first kappa shape index (κ1) is 10.5. The fraction of sp³-hybridized carbons (Fsp3) is 1.00. The molecule has 1 aliphatic heterocycles. The normalized spacial score (nSPS) is 38.6. The highest BCUT2D eigenvalue weighted by Gasteiger charge is 2.57. The molecule has 1 aliphatic carbocycles. The zero-order valence-corrected chi connectivity index (χ0v) is 10.6. The van der Waals surface area contributed by atoms with E-state index in [-0.39, 0.29) is 0 Å². The molecular weight excluding hydrogens is 170 g/mol. The zero-order valence-electron chi connectivity index (χ0n) is 10.6. The lowest BCUT2D eigenvalue weighted by molar-refractivity contribution is 0.0363. The van der Waals surface area contributed by atoms with E-state index < -0.39 is 0 Å². The largest absolute Gasteiger partial charge is 0.292 e. The van der Waals surface area contributed by atoms with Crippen LogP contribution < -0.4 is 0 Å². The van der Waals surface area contributed by atoms with Crippen molar-refractivity contribution in [3.8, 4) is 0 Å². The third-order valence-corrected chi connectivity index (χ3v) is 3.88. The predicted molar refractivity (Wildman–Crippen MR) is 61.3 cm³/mol. The molecule has 0 radical (unpaired) electrons. The molecular formula is C13H25N. The van der Waals surface area contributed by atoms with Crippen molar-refractivity contribution in [2.75, 3.05) is 0 Å². The lowest BCUT2D eigenvalue weighted by Crippen LogP contribution is -2.51. The van der Waals surface area contributed by atoms with Gasteiger partial charge in [-0.15, -0.1) is 0 Å². The molecule has 0 spiro atoms. The van der Waals surface area contributed by atoms with Crippen molar-refractivity contribution in [2.45, 2.75) is 72.0 Å². The van der Waals surface area contributed by atoms with Crippen LogP contribution in [0.1, 0.15) is 54.4 Å². The van der Waals surface area contributed by atoms with Crippen LogP contribution in [-0.2, 0) is 0 Å². The van der Waals surface area contributed by atoms with Crippen molar-refractivity contribution >= 4 is 0 Å². The van der Waals surface area contributed by atoms with E-state index in [4.69, 9.17) is 0 Å². The van der Waals surface area contributed by atoms with Gasteiger partial charge in [0.25, 0.3) is 0 Å². The van der Waals surface area contributed by atoms with Crippen LogP contribution in [0.5, 0.6) is 0 Å². The Hall–Kier alpha value is -0.0400. The Kier molecular flexibility index (Phi) is 2.06. The average molecular weight is 195 g/mol. The third kappa shape index (κ3) is 1.60. The van der Waals surface area contributed by atoms with Gasteiger partial charge in [0, 0.05) is 17.6 Å². The molecule has 2 fully saturated rings. The molecule has 1 saturated carbocycles. The Morgan fingerprint density at radius 3 is 1.86 bits per heavy atom. The summed E-state index contributed by atoms with van der Waals surface area (Å²) >= 11 is 0. The van der Waals surface area contributed by atoms with E-state index in [1.807, 2.05) is 0 Å². The van der Waals surface area contributed by atoms with Gasteiger partial charge in [0.15, 0.2) is 0 Å². The Bertz CT molecular complexity index is 231. The number of rotatable bonds is 0. The van der Waals surface area contributed by atoms with Gasteiger partial charge in [0.2, 0.25) is 0 Å². The smallest absolute Gasteiger partial charge is 0.0155 e. The molecule has 0 bridgehead atoms. The van der Waals surface area contributed by atoms with Gasteiger partial charge in [-0.25, -0.2) is 0 Å². The molecule has 2 unspecified atom stereocenters. The molecule has 82 valence electrons. The lowest BCUT2D eigenvalue weighted by Gasteiger charge is -2.45. The summed E-state index contributed by atoms with van der Waals surface area (Å²) in [6, 6.07) is 1.71. The standard InChI is InChI=1S/C13H25N/c1-12(2,3)11-8-9-7-10(9)14(11)13(4,5)6/h9-11H,7-8H2,1-6H3/t9-,10?,11?/m0/s1. The topological polar surface area (TPSA) is 3.24 Å². The van der Waals surface area contributed by atoms with Crippen LogP contribution >= 0.6 is 0 Å². The molecule has 2 aliphatic rings. The van der Waals surface area contributed by atoms with Gasteiger partial charge in [0.05, 0.1) is 0 Å². The molecule has 1 heterocycles. The Morgan fingerprint density at radius 1 is 0.929 bits per heavy atom. The molecule has 0 amide bonds. The minimum Gasteiger partial charge on any atom is -0.292 e. The summed E-state index contributed by atoms with van der Waals surface area (Å²) in [5.74, 6) is 1.03. The second-order valence-corrected chi connectivity index (χ2v) is 7.26. The van der Waals surface area contributed by atoms with Gasteiger partial charge < -0.3 is 0 Å². The van der Waals surface area contributed by atoms with E-state index in [9.17, 15) is 0 Å². The van der Waals surface area contributed by atoms with Crippen LogP contribution in [0, 0.1) is 11.3 Å². The fourth-order valence-corrected chi connectivity index (χ4v) is 3.19. The second kappa shape index (κ2) is 2.75. The molecule has 0 aromatic rings. The van der Waals surface area contributed by atoms with Gasteiger partial charge in [-0.3, -0.25) is 4.90 Å². The van der Waals surface area contributed by atoms with Crippen LogP contribution in [0.4, 0.5) is 0 Å². The van der Waals surface area contributed by atoms with Crippen molar-refractivity contribution in [2.24, 2.45) is 11.3 Å². The Morgan fingerprint density at radius 2 is 1.50 bits per heavy atom. The van der Waals surface area contributed by atoms with E-state index in [1.54, 1.807) is 0 Å². The summed E-state index contributed by atoms with van der Waals surface area (Å²) in [5, 5.41) is 0. The SMILES string of the molecule is CC(C)(C)C1C[C@@H]2CC2N1C(C)(C)C. The fourth-order valence-electron chi connectivity index (χ4n) is 3.19. The summed E-state index contributed by atoms with van der Waals surface area (Å²) in [7, 11) is 0. The van der Waals surface area contributed by atoms with Crippen LogP contribution in [0.25, 0.3) is 0 Å². The summed E-state index contributed by atoms with van der Waals surface area (Å²) in [4.78, 5) is 2.79. The van der Waals surface area contributed by atoms with E-state index in [1.165, 1.54) is 12.8 Å². The molecule has 0 N–H and O–H groups in total. The van der Waals surface area contributed by atoms with Gasteiger partial charge in [0.1, 0.15) is 0 Å². The van der Waals surface area contributed by atoms with Crippen LogP contribution in [0.3, 0.4) is 0 Å². The number of likely N-dealkylation sites (tertiary alicyclic amines) is 1. The quantitative estimate of drug-likeness (QED) is 0.573. The number of fused-ring (bicyclic) bond motifs is 1. The summed E-state index contributed by atoms with van der Waals surface area (Å²) in [5.41, 5.74) is 0.800. The highest BCUT2D eigenvalue weighted by atomic mass is 15.3. The molecule has 0 aromatic heterocycles. The van der Waals surface area contributed by atoms with Gasteiger partial charge in [-0.1, -0.05) is 20.8 Å². The Labute approximate surface area is 88.9 Å². The Balaban J connectivity index is 2.20. The van der Waals surface area contributed by atoms with Gasteiger partial charge in [-0.05, 0) is 44.9 Å². The maximum Gasteiger partial charge on any atom is 0.0155 e. The van der Waals surface area contributed by atoms with Crippen molar-refractivity contribution in [1.29, 1.82) is 0 Å². The minimum atomic E-state index is 0.355. The van der Waals surface area contributed by atoms with Crippen molar-refractivity contribution < 1.29 is 0 Å². The van der Waals surface area contributed by atoms with Crippen molar-refractivity contribution in [3.63, 3.8) is 0 Å². The van der Waals surface area contributed by atoms with Crippen LogP contribution in [-0.4, -0.2) is 22.5 Å². The zero-order chi connectivity index (χ0) is 10.7. The number of hydrogen-bond acceptors (Lipinski definition) is 1. The van der Waals surface area contributed by atoms with E-state index in [0.29, 0.717) is 11.0 Å². The molecule has 1 heteroatoms. The molecule has 1 saturated heterocycles. The predicted octanol–water partition coefficient (Wildman–Crippen LogP) is 3.29. The number of hydrogen-bond donors (Lipinski definition) is 0. The monoisotopic (exact) mass is 195 g/mol. The third-order valence-electron chi connectivity index (χ3n) is 3.88. The lowest BCUT2D eigenvalue weighted by atomic mass is 9.82. The first-order valence-electron chi connectivity index (χ1n) is 6.00. The highest BCUT2D eigenvalue weighted by Crippen LogP contribution is 2.54. The van der Waals surface area contributed by atoms with Crippen LogP contribution in [0.15, 0.2) is 0 Å². The highest BCUT2D eigenvalue weighted by molar-refractivity contribution is 5.11. The van der Waals surface area contributed by atoms with E-state index in [2.05, 4.69) is 46.4 Å². The first-order valence-corrected chi connectivity index (χ1v) is 6.00. The van der Waals surface area contributed by atoms with Crippen molar-refractivity contribution in [3.05, 3.63) is 0 Å². The van der Waals surface area contributed by atoms with Crippen LogP contribution in [0.2, 0.25) is 0 Å². The molecule has 3 atom stereocenters.